The molecular weight excluding hydrogens is 164 g/mol. The Morgan fingerprint density at radius 3 is 2.69 bits per heavy atom. The second kappa shape index (κ2) is 2.73. The van der Waals surface area contributed by atoms with E-state index >= 15 is 0 Å². The molecular formula is C11H10O2. The molecule has 0 amide bonds. The van der Waals surface area contributed by atoms with Crippen LogP contribution in [0, 0.1) is 13.8 Å². The fourth-order valence-electron chi connectivity index (χ4n) is 1.32. The fourth-order valence-corrected chi connectivity index (χ4v) is 1.32. The highest BCUT2D eigenvalue weighted by atomic mass is 16.4. The standard InChI is InChI=1S/C11H10O2/c1-7-3-4-9-6-8(2)11(12)13-10(9)5-7/h3-6H,1-2H3. The first-order valence-electron chi connectivity index (χ1n) is 4.18. The van der Waals surface area contributed by atoms with Gasteiger partial charge in [-0.25, -0.2) is 4.79 Å². The van der Waals surface area contributed by atoms with Gasteiger partial charge in [0.25, 0.3) is 0 Å². The fraction of sp³-hybridized carbons (Fsp3) is 0.182. The normalized spacial score (nSPS) is 10.6. The van der Waals surface area contributed by atoms with Crippen molar-refractivity contribution in [3.05, 3.63) is 45.8 Å². The quantitative estimate of drug-likeness (QED) is 0.574. The Kier molecular flexibility index (Phi) is 1.69. The molecule has 2 aromatic rings. The first kappa shape index (κ1) is 8.05. The third-order valence-electron chi connectivity index (χ3n) is 2.07. The SMILES string of the molecule is Cc1ccc2cc(C)c(=O)oc2c1. The van der Waals surface area contributed by atoms with E-state index in [1.807, 2.05) is 31.2 Å². The predicted molar refractivity (Wildman–Crippen MR) is 52.0 cm³/mol. The maximum absolute atomic E-state index is 11.2. The van der Waals surface area contributed by atoms with Crippen molar-refractivity contribution in [2.45, 2.75) is 13.8 Å². The first-order valence-corrected chi connectivity index (χ1v) is 4.18. The Hall–Kier alpha value is -1.57. The molecule has 0 spiro atoms. The van der Waals surface area contributed by atoms with E-state index in [1.165, 1.54) is 0 Å². The highest BCUT2D eigenvalue weighted by Gasteiger charge is 2.00. The van der Waals surface area contributed by atoms with E-state index in [0.717, 1.165) is 10.9 Å². The molecule has 0 aliphatic carbocycles. The molecule has 66 valence electrons. The monoisotopic (exact) mass is 174 g/mol. The maximum atomic E-state index is 11.2. The Bertz CT molecular complexity index is 509. The third-order valence-corrected chi connectivity index (χ3v) is 2.07. The van der Waals surface area contributed by atoms with E-state index in [0.29, 0.717) is 11.1 Å². The Morgan fingerprint density at radius 2 is 1.92 bits per heavy atom. The molecule has 0 saturated carbocycles. The largest absolute Gasteiger partial charge is 0.423 e. The molecule has 1 aromatic heterocycles. The van der Waals surface area contributed by atoms with Crippen LogP contribution in [0.5, 0.6) is 0 Å². The Morgan fingerprint density at radius 1 is 1.15 bits per heavy atom. The lowest BCUT2D eigenvalue weighted by atomic mass is 10.1. The van der Waals surface area contributed by atoms with Gasteiger partial charge in [-0.3, -0.25) is 0 Å². The molecule has 0 aliphatic rings. The summed E-state index contributed by atoms with van der Waals surface area (Å²) in [5.41, 5.74) is 2.16. The molecule has 1 heterocycles. The summed E-state index contributed by atoms with van der Waals surface area (Å²) >= 11 is 0. The van der Waals surface area contributed by atoms with Crippen LogP contribution in [0.3, 0.4) is 0 Å². The van der Waals surface area contributed by atoms with Crippen molar-refractivity contribution in [1.82, 2.24) is 0 Å². The van der Waals surface area contributed by atoms with Gasteiger partial charge >= 0.3 is 5.63 Å². The molecule has 0 bridgehead atoms. The Balaban J connectivity index is 2.89. The van der Waals surface area contributed by atoms with Crippen LogP contribution in [-0.2, 0) is 0 Å². The van der Waals surface area contributed by atoms with Crippen molar-refractivity contribution in [2.75, 3.05) is 0 Å². The lowest BCUT2D eigenvalue weighted by molar-refractivity contribution is 0.555. The van der Waals surface area contributed by atoms with Crippen LogP contribution in [0.1, 0.15) is 11.1 Å². The summed E-state index contributed by atoms with van der Waals surface area (Å²) < 4.78 is 5.12. The van der Waals surface area contributed by atoms with Gasteiger partial charge in [-0.1, -0.05) is 12.1 Å². The minimum Gasteiger partial charge on any atom is -0.423 e. The molecule has 2 rings (SSSR count). The van der Waals surface area contributed by atoms with E-state index in [-0.39, 0.29) is 5.63 Å². The summed E-state index contributed by atoms with van der Waals surface area (Å²) in [5.74, 6) is 0. The van der Waals surface area contributed by atoms with Crippen molar-refractivity contribution in [3.63, 3.8) is 0 Å². The number of rotatable bonds is 0. The van der Waals surface area contributed by atoms with Crippen molar-refractivity contribution < 1.29 is 4.42 Å². The molecule has 1 aromatic carbocycles. The number of hydrogen-bond donors (Lipinski definition) is 0. The molecule has 2 nitrogen and oxygen atoms in total. The lowest BCUT2D eigenvalue weighted by Gasteiger charge is -1.98. The second-order valence-corrected chi connectivity index (χ2v) is 3.26. The van der Waals surface area contributed by atoms with Crippen molar-refractivity contribution >= 4 is 11.0 Å². The van der Waals surface area contributed by atoms with Crippen LogP contribution in [0.15, 0.2) is 33.5 Å². The van der Waals surface area contributed by atoms with E-state index in [9.17, 15) is 4.79 Å². The minimum absolute atomic E-state index is 0.252. The number of fused-ring (bicyclic) bond motifs is 1. The van der Waals surface area contributed by atoms with Crippen molar-refractivity contribution in [1.29, 1.82) is 0 Å². The summed E-state index contributed by atoms with van der Waals surface area (Å²) in [7, 11) is 0. The van der Waals surface area contributed by atoms with Crippen LogP contribution >= 0.6 is 0 Å². The third kappa shape index (κ3) is 1.35. The predicted octanol–water partition coefficient (Wildman–Crippen LogP) is 2.41. The molecule has 0 unspecified atom stereocenters. The molecule has 0 atom stereocenters. The van der Waals surface area contributed by atoms with E-state index in [2.05, 4.69) is 0 Å². The highest BCUT2D eigenvalue weighted by Crippen LogP contribution is 2.14. The average molecular weight is 174 g/mol. The van der Waals surface area contributed by atoms with Gasteiger partial charge in [-0.15, -0.1) is 0 Å². The molecule has 0 N–H and O–H groups in total. The van der Waals surface area contributed by atoms with Crippen molar-refractivity contribution in [2.24, 2.45) is 0 Å². The summed E-state index contributed by atoms with van der Waals surface area (Å²) in [6.45, 7) is 3.73. The zero-order valence-corrected chi connectivity index (χ0v) is 7.63. The topological polar surface area (TPSA) is 30.2 Å². The molecule has 0 radical (unpaired) electrons. The zero-order chi connectivity index (χ0) is 9.42. The first-order chi connectivity index (χ1) is 6.16. The van der Waals surface area contributed by atoms with Gasteiger partial charge in [-0.05, 0) is 31.5 Å². The summed E-state index contributed by atoms with van der Waals surface area (Å²) in [5, 5.41) is 0.975. The van der Waals surface area contributed by atoms with Crippen LogP contribution in [0.2, 0.25) is 0 Å². The molecule has 0 fully saturated rings. The van der Waals surface area contributed by atoms with Gasteiger partial charge in [0.05, 0.1) is 0 Å². The lowest BCUT2D eigenvalue weighted by Crippen LogP contribution is -2.01. The minimum atomic E-state index is -0.252. The van der Waals surface area contributed by atoms with Crippen LogP contribution < -0.4 is 5.63 Å². The maximum Gasteiger partial charge on any atom is 0.339 e. The van der Waals surface area contributed by atoms with Gasteiger partial charge in [-0.2, -0.15) is 0 Å². The van der Waals surface area contributed by atoms with Crippen LogP contribution in [0.4, 0.5) is 0 Å². The molecule has 13 heavy (non-hydrogen) atoms. The number of aryl methyl sites for hydroxylation is 2. The highest BCUT2D eigenvalue weighted by molar-refractivity contribution is 5.77. The summed E-state index contributed by atoms with van der Waals surface area (Å²) in [6, 6.07) is 7.68. The average Bonchev–Trinajstić information content (AvgIpc) is 2.08. The molecule has 0 saturated heterocycles. The number of benzene rings is 1. The summed E-state index contributed by atoms with van der Waals surface area (Å²) in [4.78, 5) is 11.2. The molecule has 0 aliphatic heterocycles. The van der Waals surface area contributed by atoms with E-state index in [4.69, 9.17) is 4.42 Å². The van der Waals surface area contributed by atoms with Crippen LogP contribution in [0.25, 0.3) is 11.0 Å². The van der Waals surface area contributed by atoms with Gasteiger partial charge in [0, 0.05) is 10.9 Å². The van der Waals surface area contributed by atoms with E-state index in [1.54, 1.807) is 6.92 Å². The second-order valence-electron chi connectivity index (χ2n) is 3.26. The smallest absolute Gasteiger partial charge is 0.339 e. The molecule has 2 heteroatoms. The number of hydrogen-bond acceptors (Lipinski definition) is 2. The Labute approximate surface area is 75.8 Å². The van der Waals surface area contributed by atoms with Gasteiger partial charge < -0.3 is 4.42 Å². The van der Waals surface area contributed by atoms with Gasteiger partial charge in [0.15, 0.2) is 0 Å². The van der Waals surface area contributed by atoms with Gasteiger partial charge in [0.2, 0.25) is 0 Å². The van der Waals surface area contributed by atoms with Gasteiger partial charge in [0.1, 0.15) is 5.58 Å². The summed E-state index contributed by atoms with van der Waals surface area (Å²) in [6.07, 6.45) is 0. The van der Waals surface area contributed by atoms with E-state index < -0.39 is 0 Å². The van der Waals surface area contributed by atoms with Crippen LogP contribution in [-0.4, -0.2) is 0 Å². The van der Waals surface area contributed by atoms with Crippen molar-refractivity contribution in [3.8, 4) is 0 Å². The zero-order valence-electron chi connectivity index (χ0n) is 7.63.